The summed E-state index contributed by atoms with van der Waals surface area (Å²) >= 11 is 0. The lowest BCUT2D eigenvalue weighted by Gasteiger charge is -2.48. The number of carboxylic acids is 1. The fourth-order valence-corrected chi connectivity index (χ4v) is 3.98. The number of hydrogen-bond donors (Lipinski definition) is 2. The summed E-state index contributed by atoms with van der Waals surface area (Å²) in [5.74, 6) is -0.590. The minimum atomic E-state index is -0.803. The van der Waals surface area contributed by atoms with Crippen molar-refractivity contribution in [2.24, 2.45) is 5.92 Å². The van der Waals surface area contributed by atoms with Crippen LogP contribution in [-0.4, -0.2) is 39.8 Å². The summed E-state index contributed by atoms with van der Waals surface area (Å²) < 4.78 is 0. The van der Waals surface area contributed by atoms with Crippen LogP contribution in [0.5, 0.6) is 0 Å². The second-order valence-corrected chi connectivity index (χ2v) is 6.44. The molecule has 1 aliphatic heterocycles. The van der Waals surface area contributed by atoms with Crippen molar-refractivity contribution in [2.45, 2.75) is 43.7 Å². The van der Waals surface area contributed by atoms with Gasteiger partial charge in [-0.3, -0.25) is 9.69 Å². The Morgan fingerprint density at radius 2 is 2.00 bits per heavy atom. The van der Waals surface area contributed by atoms with E-state index in [0.29, 0.717) is 19.5 Å². The van der Waals surface area contributed by atoms with Crippen molar-refractivity contribution in [3.05, 3.63) is 35.9 Å². The van der Waals surface area contributed by atoms with Gasteiger partial charge in [0.1, 0.15) is 6.04 Å². The third kappa shape index (κ3) is 2.83. The van der Waals surface area contributed by atoms with E-state index in [1.54, 1.807) is 0 Å². The Morgan fingerprint density at radius 1 is 1.24 bits per heavy atom. The van der Waals surface area contributed by atoms with E-state index in [2.05, 4.69) is 0 Å². The number of fused-ring (bicyclic) bond motifs is 1. The number of aliphatic hydroxyl groups is 1. The van der Waals surface area contributed by atoms with E-state index >= 15 is 0 Å². The lowest BCUT2D eigenvalue weighted by Crippen LogP contribution is -2.54. The van der Waals surface area contributed by atoms with Gasteiger partial charge in [-0.25, -0.2) is 0 Å². The molecule has 0 amide bonds. The highest BCUT2D eigenvalue weighted by molar-refractivity contribution is 5.75. The van der Waals surface area contributed by atoms with Crippen LogP contribution in [0.4, 0.5) is 0 Å². The number of carbonyl (C=O) groups is 1. The maximum Gasteiger partial charge on any atom is 0.325 e. The second-order valence-electron chi connectivity index (χ2n) is 6.44. The Bertz CT molecular complexity index is 504. The number of carboxylic acid groups (broad SMARTS) is 1. The predicted molar refractivity (Wildman–Crippen MR) is 79.9 cm³/mol. The van der Waals surface area contributed by atoms with Crippen LogP contribution in [0.3, 0.4) is 0 Å². The van der Waals surface area contributed by atoms with Gasteiger partial charge in [-0.05, 0) is 24.8 Å². The molecule has 4 heteroatoms. The highest BCUT2D eigenvalue weighted by Crippen LogP contribution is 2.41. The monoisotopic (exact) mass is 289 g/mol. The summed E-state index contributed by atoms with van der Waals surface area (Å²) in [5, 5.41) is 20.4. The highest BCUT2D eigenvalue weighted by atomic mass is 16.4. The molecular formula is C17H23NO3. The first-order chi connectivity index (χ1) is 10.1. The molecule has 4 nitrogen and oxygen atoms in total. The molecule has 1 saturated heterocycles. The molecule has 0 radical (unpaired) electrons. The zero-order valence-corrected chi connectivity index (χ0v) is 12.2. The van der Waals surface area contributed by atoms with Gasteiger partial charge in [0.05, 0.1) is 5.60 Å². The summed E-state index contributed by atoms with van der Waals surface area (Å²) in [6.07, 6.45) is 4.80. The first-order valence-electron chi connectivity index (χ1n) is 7.84. The van der Waals surface area contributed by atoms with Crippen molar-refractivity contribution >= 4 is 5.97 Å². The predicted octanol–water partition coefficient (Wildman–Crippen LogP) is 2.44. The first kappa shape index (κ1) is 14.5. The fourth-order valence-electron chi connectivity index (χ4n) is 3.98. The summed E-state index contributed by atoms with van der Waals surface area (Å²) in [7, 11) is 0. The largest absolute Gasteiger partial charge is 0.480 e. The van der Waals surface area contributed by atoms with Crippen LogP contribution in [0.25, 0.3) is 0 Å². The molecule has 114 valence electrons. The molecule has 0 bridgehead atoms. The third-order valence-corrected chi connectivity index (χ3v) is 5.17. The van der Waals surface area contributed by atoms with E-state index in [9.17, 15) is 15.0 Å². The van der Waals surface area contributed by atoms with Crippen LogP contribution in [0.1, 0.15) is 43.7 Å². The standard InChI is InChI=1S/C17H23NO3/c19-16(20)15(13-6-2-1-3-7-13)18-11-10-17(21)9-5-4-8-14(17)12-18/h1-3,6-7,14-15,21H,4-5,8-12H2,(H,19,20)/t14-,15?,17-/m0/s1. The maximum atomic E-state index is 11.7. The number of benzene rings is 1. The van der Waals surface area contributed by atoms with E-state index in [4.69, 9.17) is 0 Å². The maximum absolute atomic E-state index is 11.7. The van der Waals surface area contributed by atoms with Gasteiger partial charge in [-0.1, -0.05) is 43.2 Å². The molecule has 1 unspecified atom stereocenters. The third-order valence-electron chi connectivity index (χ3n) is 5.17. The topological polar surface area (TPSA) is 60.8 Å². The molecule has 1 aromatic rings. The Balaban J connectivity index is 1.80. The van der Waals surface area contributed by atoms with Crippen LogP contribution in [0, 0.1) is 5.92 Å². The van der Waals surface area contributed by atoms with E-state index in [1.165, 1.54) is 0 Å². The summed E-state index contributed by atoms with van der Waals surface area (Å²) in [6, 6.07) is 8.82. The molecule has 2 fully saturated rings. The van der Waals surface area contributed by atoms with E-state index in [0.717, 1.165) is 31.2 Å². The van der Waals surface area contributed by atoms with Crippen molar-refractivity contribution in [1.29, 1.82) is 0 Å². The molecule has 1 heterocycles. The summed E-state index contributed by atoms with van der Waals surface area (Å²) in [6.45, 7) is 1.33. The van der Waals surface area contributed by atoms with Gasteiger partial charge in [0, 0.05) is 19.0 Å². The smallest absolute Gasteiger partial charge is 0.325 e. The van der Waals surface area contributed by atoms with Crippen LogP contribution >= 0.6 is 0 Å². The first-order valence-corrected chi connectivity index (χ1v) is 7.84. The van der Waals surface area contributed by atoms with Gasteiger partial charge in [-0.15, -0.1) is 0 Å². The van der Waals surface area contributed by atoms with Crippen LogP contribution in [-0.2, 0) is 4.79 Å². The van der Waals surface area contributed by atoms with E-state index in [-0.39, 0.29) is 5.92 Å². The van der Waals surface area contributed by atoms with Crippen molar-refractivity contribution < 1.29 is 15.0 Å². The lowest BCUT2D eigenvalue weighted by atomic mass is 9.71. The molecule has 21 heavy (non-hydrogen) atoms. The molecule has 2 aliphatic rings. The molecule has 1 aromatic carbocycles. The average molecular weight is 289 g/mol. The quantitative estimate of drug-likeness (QED) is 0.897. The Morgan fingerprint density at radius 3 is 2.71 bits per heavy atom. The van der Waals surface area contributed by atoms with Gasteiger partial charge >= 0.3 is 5.97 Å². The lowest BCUT2D eigenvalue weighted by molar-refractivity contribution is -0.150. The zero-order chi connectivity index (χ0) is 14.9. The Labute approximate surface area is 125 Å². The van der Waals surface area contributed by atoms with Crippen molar-refractivity contribution in [3.8, 4) is 0 Å². The molecule has 3 atom stereocenters. The van der Waals surface area contributed by atoms with Crippen LogP contribution in [0.2, 0.25) is 0 Å². The summed E-state index contributed by atoms with van der Waals surface area (Å²) in [4.78, 5) is 13.8. The number of rotatable bonds is 3. The van der Waals surface area contributed by atoms with Crippen LogP contribution in [0.15, 0.2) is 30.3 Å². The minimum Gasteiger partial charge on any atom is -0.480 e. The van der Waals surface area contributed by atoms with Crippen molar-refractivity contribution in [1.82, 2.24) is 4.90 Å². The number of aliphatic carboxylic acids is 1. The average Bonchev–Trinajstić information content (AvgIpc) is 2.48. The van der Waals surface area contributed by atoms with Gasteiger partial charge in [-0.2, -0.15) is 0 Å². The second kappa shape index (κ2) is 5.78. The SMILES string of the molecule is O=C(O)C(c1ccccc1)N1CC[C@@]2(O)CCCC[C@H]2C1. The zero-order valence-electron chi connectivity index (χ0n) is 12.2. The number of likely N-dealkylation sites (tertiary alicyclic amines) is 1. The van der Waals surface area contributed by atoms with Gasteiger partial charge in [0.2, 0.25) is 0 Å². The minimum absolute atomic E-state index is 0.213. The van der Waals surface area contributed by atoms with Crippen LogP contribution < -0.4 is 0 Å². The Kier molecular flexibility index (Phi) is 4.00. The van der Waals surface area contributed by atoms with E-state index < -0.39 is 17.6 Å². The molecule has 0 spiro atoms. The molecule has 0 aromatic heterocycles. The van der Waals surface area contributed by atoms with Gasteiger partial charge < -0.3 is 10.2 Å². The fraction of sp³-hybridized carbons (Fsp3) is 0.588. The molecule has 3 rings (SSSR count). The van der Waals surface area contributed by atoms with E-state index in [1.807, 2.05) is 35.2 Å². The van der Waals surface area contributed by atoms with Crippen molar-refractivity contribution in [2.75, 3.05) is 13.1 Å². The Hall–Kier alpha value is -1.39. The molecular weight excluding hydrogens is 266 g/mol. The number of hydrogen-bond acceptors (Lipinski definition) is 3. The summed E-state index contributed by atoms with van der Waals surface area (Å²) in [5.41, 5.74) is 0.264. The van der Waals surface area contributed by atoms with Crippen molar-refractivity contribution in [3.63, 3.8) is 0 Å². The highest BCUT2D eigenvalue weighted by Gasteiger charge is 2.45. The molecule has 1 saturated carbocycles. The number of nitrogens with zero attached hydrogens (tertiary/aromatic N) is 1. The molecule has 1 aliphatic carbocycles. The molecule has 2 N–H and O–H groups in total. The number of piperidine rings is 1. The normalized spacial score (nSPS) is 31.4. The van der Waals surface area contributed by atoms with Gasteiger partial charge in [0.25, 0.3) is 0 Å². The van der Waals surface area contributed by atoms with Gasteiger partial charge in [0.15, 0.2) is 0 Å².